The van der Waals surface area contributed by atoms with Crippen LogP contribution in [-0.2, 0) is 0 Å². The number of rotatable bonds is 3. The Labute approximate surface area is 104 Å². The molecule has 0 spiro atoms. The molecule has 0 unspecified atom stereocenters. The van der Waals surface area contributed by atoms with Crippen LogP contribution in [0.3, 0.4) is 0 Å². The van der Waals surface area contributed by atoms with E-state index in [1.807, 2.05) is 0 Å². The normalized spacial score (nSPS) is 10.1. The Bertz CT molecular complexity index is 579. The van der Waals surface area contributed by atoms with Crippen molar-refractivity contribution in [2.75, 3.05) is 5.32 Å². The molecule has 0 heterocycles. The molecule has 0 bridgehead atoms. The second-order valence-electron chi connectivity index (χ2n) is 3.97. The Hall–Kier alpha value is -2.36. The summed E-state index contributed by atoms with van der Waals surface area (Å²) in [6.07, 6.45) is 0. The molecule has 4 heteroatoms. The van der Waals surface area contributed by atoms with E-state index in [1.165, 1.54) is 12.1 Å². The van der Waals surface area contributed by atoms with Crippen molar-refractivity contribution in [3.05, 3.63) is 59.4 Å². The van der Waals surface area contributed by atoms with Crippen molar-refractivity contribution in [2.24, 2.45) is 0 Å². The number of benzene rings is 2. The highest BCUT2D eigenvalue weighted by molar-refractivity contribution is 5.90. The highest BCUT2D eigenvalue weighted by Gasteiger charge is 2.07. The first-order valence-corrected chi connectivity index (χ1v) is 5.43. The molecular formula is C14H12FNO2. The van der Waals surface area contributed by atoms with E-state index in [1.54, 1.807) is 37.3 Å². The van der Waals surface area contributed by atoms with Crippen LogP contribution >= 0.6 is 0 Å². The summed E-state index contributed by atoms with van der Waals surface area (Å²) < 4.78 is 12.7. The Morgan fingerprint density at radius 1 is 1.11 bits per heavy atom. The van der Waals surface area contributed by atoms with Crippen molar-refractivity contribution >= 4 is 17.3 Å². The zero-order valence-electron chi connectivity index (χ0n) is 9.77. The minimum atomic E-state index is -0.963. The molecular weight excluding hydrogens is 233 g/mol. The summed E-state index contributed by atoms with van der Waals surface area (Å²) >= 11 is 0. The number of hydrogen-bond acceptors (Lipinski definition) is 2. The molecule has 2 aromatic carbocycles. The maximum atomic E-state index is 12.7. The molecule has 0 saturated heterocycles. The zero-order valence-corrected chi connectivity index (χ0v) is 9.77. The third kappa shape index (κ3) is 2.66. The van der Waals surface area contributed by atoms with E-state index in [2.05, 4.69) is 5.32 Å². The molecule has 2 rings (SSSR count). The average molecular weight is 245 g/mol. The SMILES string of the molecule is Cc1ccc(Nc2ccc(F)cc2)cc1C(=O)O. The molecule has 0 amide bonds. The van der Waals surface area contributed by atoms with E-state index < -0.39 is 5.97 Å². The smallest absolute Gasteiger partial charge is 0.336 e. The Morgan fingerprint density at radius 2 is 1.72 bits per heavy atom. The standard InChI is InChI=1S/C14H12FNO2/c1-9-2-5-12(8-13(9)14(17)18)16-11-6-3-10(15)4-7-11/h2-8,16H,1H3,(H,17,18). The van der Waals surface area contributed by atoms with E-state index in [4.69, 9.17) is 5.11 Å². The lowest BCUT2D eigenvalue weighted by Gasteiger charge is -2.08. The van der Waals surface area contributed by atoms with Crippen molar-refractivity contribution in [2.45, 2.75) is 6.92 Å². The molecule has 2 aromatic rings. The van der Waals surface area contributed by atoms with Crippen LogP contribution in [-0.4, -0.2) is 11.1 Å². The molecule has 2 N–H and O–H groups in total. The minimum Gasteiger partial charge on any atom is -0.478 e. The molecule has 0 atom stereocenters. The first-order valence-electron chi connectivity index (χ1n) is 5.43. The monoisotopic (exact) mass is 245 g/mol. The van der Waals surface area contributed by atoms with E-state index in [9.17, 15) is 9.18 Å². The Balaban J connectivity index is 2.27. The lowest BCUT2D eigenvalue weighted by molar-refractivity contribution is 0.0696. The topological polar surface area (TPSA) is 49.3 Å². The maximum Gasteiger partial charge on any atom is 0.336 e. The van der Waals surface area contributed by atoms with Crippen LogP contribution < -0.4 is 5.32 Å². The van der Waals surface area contributed by atoms with Crippen LogP contribution in [0.1, 0.15) is 15.9 Å². The van der Waals surface area contributed by atoms with Crippen LogP contribution in [0.15, 0.2) is 42.5 Å². The van der Waals surface area contributed by atoms with Gasteiger partial charge in [-0.15, -0.1) is 0 Å². The number of carbonyl (C=O) groups is 1. The fourth-order valence-corrected chi connectivity index (χ4v) is 1.63. The van der Waals surface area contributed by atoms with E-state index in [0.29, 0.717) is 16.9 Å². The molecule has 0 aliphatic heterocycles. The van der Waals surface area contributed by atoms with Gasteiger partial charge in [0.1, 0.15) is 5.82 Å². The fourth-order valence-electron chi connectivity index (χ4n) is 1.63. The van der Waals surface area contributed by atoms with Gasteiger partial charge in [0.05, 0.1) is 5.56 Å². The number of carboxylic acids is 1. The van der Waals surface area contributed by atoms with Gasteiger partial charge in [-0.05, 0) is 48.9 Å². The number of aryl methyl sites for hydroxylation is 1. The second-order valence-corrected chi connectivity index (χ2v) is 3.97. The fraction of sp³-hybridized carbons (Fsp3) is 0.0714. The quantitative estimate of drug-likeness (QED) is 0.869. The summed E-state index contributed by atoms with van der Waals surface area (Å²) in [5, 5.41) is 12.0. The molecule has 0 radical (unpaired) electrons. The van der Waals surface area contributed by atoms with Gasteiger partial charge in [-0.3, -0.25) is 0 Å². The number of aromatic carboxylic acids is 1. The third-order valence-electron chi connectivity index (χ3n) is 2.60. The summed E-state index contributed by atoms with van der Waals surface area (Å²) in [6, 6.07) is 10.9. The number of carboxylic acid groups (broad SMARTS) is 1. The van der Waals surface area contributed by atoms with Gasteiger partial charge >= 0.3 is 5.97 Å². The van der Waals surface area contributed by atoms with Gasteiger partial charge in [-0.1, -0.05) is 6.07 Å². The maximum absolute atomic E-state index is 12.7. The van der Waals surface area contributed by atoms with E-state index in [0.717, 1.165) is 0 Å². The molecule has 92 valence electrons. The molecule has 0 saturated carbocycles. The predicted octanol–water partition coefficient (Wildman–Crippen LogP) is 3.58. The summed E-state index contributed by atoms with van der Waals surface area (Å²) in [7, 11) is 0. The molecule has 0 fully saturated rings. The largest absolute Gasteiger partial charge is 0.478 e. The van der Waals surface area contributed by atoms with E-state index >= 15 is 0 Å². The third-order valence-corrected chi connectivity index (χ3v) is 2.60. The highest BCUT2D eigenvalue weighted by Crippen LogP contribution is 2.20. The van der Waals surface area contributed by atoms with Gasteiger partial charge in [0, 0.05) is 11.4 Å². The second kappa shape index (κ2) is 4.87. The van der Waals surface area contributed by atoms with Gasteiger partial charge in [-0.2, -0.15) is 0 Å². The summed E-state index contributed by atoms with van der Waals surface area (Å²) in [4.78, 5) is 11.0. The van der Waals surface area contributed by atoms with Gasteiger partial charge in [0.15, 0.2) is 0 Å². The van der Waals surface area contributed by atoms with Crippen molar-refractivity contribution in [3.63, 3.8) is 0 Å². The molecule has 18 heavy (non-hydrogen) atoms. The van der Waals surface area contributed by atoms with Gasteiger partial charge in [0.25, 0.3) is 0 Å². The zero-order chi connectivity index (χ0) is 13.1. The van der Waals surface area contributed by atoms with Crippen LogP contribution in [0, 0.1) is 12.7 Å². The number of anilines is 2. The van der Waals surface area contributed by atoms with Crippen molar-refractivity contribution in [3.8, 4) is 0 Å². The first kappa shape index (κ1) is 12.1. The predicted molar refractivity (Wildman–Crippen MR) is 67.8 cm³/mol. The van der Waals surface area contributed by atoms with Gasteiger partial charge in [0.2, 0.25) is 0 Å². The van der Waals surface area contributed by atoms with Crippen LogP contribution in [0.25, 0.3) is 0 Å². The van der Waals surface area contributed by atoms with Crippen molar-refractivity contribution in [1.29, 1.82) is 0 Å². The lowest BCUT2D eigenvalue weighted by Crippen LogP contribution is -2.01. The van der Waals surface area contributed by atoms with Crippen molar-refractivity contribution < 1.29 is 14.3 Å². The molecule has 0 aliphatic rings. The molecule has 0 aromatic heterocycles. The lowest BCUT2D eigenvalue weighted by atomic mass is 10.1. The minimum absolute atomic E-state index is 0.252. The van der Waals surface area contributed by atoms with Crippen molar-refractivity contribution in [1.82, 2.24) is 0 Å². The highest BCUT2D eigenvalue weighted by atomic mass is 19.1. The van der Waals surface area contributed by atoms with Gasteiger partial charge < -0.3 is 10.4 Å². The molecule has 0 aliphatic carbocycles. The summed E-state index contributed by atoms with van der Waals surface area (Å²) in [5.74, 6) is -1.27. The molecule has 3 nitrogen and oxygen atoms in total. The average Bonchev–Trinajstić information content (AvgIpc) is 2.34. The number of nitrogens with one attached hydrogen (secondary N) is 1. The van der Waals surface area contributed by atoms with Crippen LogP contribution in [0.5, 0.6) is 0 Å². The number of halogens is 1. The summed E-state index contributed by atoms with van der Waals surface area (Å²) in [5.41, 5.74) is 2.32. The number of hydrogen-bond donors (Lipinski definition) is 2. The Morgan fingerprint density at radius 3 is 2.33 bits per heavy atom. The van der Waals surface area contributed by atoms with E-state index in [-0.39, 0.29) is 11.4 Å². The summed E-state index contributed by atoms with van der Waals surface area (Å²) in [6.45, 7) is 1.74. The first-order chi connectivity index (χ1) is 8.56. The van der Waals surface area contributed by atoms with Crippen LogP contribution in [0.4, 0.5) is 15.8 Å². The Kier molecular flexibility index (Phi) is 3.28. The van der Waals surface area contributed by atoms with Gasteiger partial charge in [-0.25, -0.2) is 9.18 Å². The van der Waals surface area contributed by atoms with Crippen LogP contribution in [0.2, 0.25) is 0 Å².